The van der Waals surface area contributed by atoms with Crippen LogP contribution in [0.15, 0.2) is 29.1 Å². The van der Waals surface area contributed by atoms with Crippen molar-refractivity contribution in [2.45, 2.75) is 57.0 Å². The number of aromatic nitrogens is 5. The van der Waals surface area contributed by atoms with Crippen molar-refractivity contribution >= 4 is 10.9 Å². The minimum absolute atomic E-state index is 0.0696. The number of hydrogen-bond acceptors (Lipinski definition) is 5. The molecule has 30 heavy (non-hydrogen) atoms. The fourth-order valence-electron chi connectivity index (χ4n) is 5.17. The van der Waals surface area contributed by atoms with Crippen LogP contribution in [0, 0.1) is 0 Å². The molecule has 5 rings (SSSR count). The standard InChI is InChI=1S/C22H28N6O2/c1-30-17-10-9-15-13-18(22(29)23-19(15)14-17)20(27-11-5-2-6-12-27)21-24-25-26-28(21)16-7-3-4-8-16/h9-10,13-14,16,20H,2-8,11-12H2,1H3,(H,23,29)/p+1/t20-/m1/s1. The van der Waals surface area contributed by atoms with Gasteiger partial charge in [-0.15, -0.1) is 5.10 Å². The molecule has 0 bridgehead atoms. The second kappa shape index (κ2) is 8.18. The maximum atomic E-state index is 13.3. The largest absolute Gasteiger partial charge is 0.497 e. The zero-order valence-corrected chi connectivity index (χ0v) is 17.4. The molecular weight excluding hydrogens is 380 g/mol. The summed E-state index contributed by atoms with van der Waals surface area (Å²) in [5, 5.41) is 13.9. The normalized spacial score (nSPS) is 19.4. The van der Waals surface area contributed by atoms with Gasteiger partial charge in [0.25, 0.3) is 5.56 Å². The third kappa shape index (κ3) is 3.49. The van der Waals surface area contributed by atoms with Crippen molar-refractivity contribution in [1.82, 2.24) is 25.2 Å². The van der Waals surface area contributed by atoms with Crippen molar-refractivity contribution in [3.8, 4) is 5.75 Å². The van der Waals surface area contributed by atoms with Gasteiger partial charge < -0.3 is 14.6 Å². The van der Waals surface area contributed by atoms with E-state index in [2.05, 4.69) is 20.5 Å². The molecule has 2 aliphatic rings. The molecule has 158 valence electrons. The number of likely N-dealkylation sites (tertiary alicyclic amines) is 1. The molecule has 8 nitrogen and oxygen atoms in total. The number of piperidine rings is 1. The number of rotatable bonds is 5. The lowest BCUT2D eigenvalue weighted by molar-refractivity contribution is -0.931. The number of hydrogen-bond donors (Lipinski definition) is 2. The smallest absolute Gasteiger partial charge is 0.258 e. The molecule has 2 fully saturated rings. The predicted molar refractivity (Wildman–Crippen MR) is 113 cm³/mol. The number of pyridine rings is 1. The van der Waals surface area contributed by atoms with E-state index in [0.29, 0.717) is 6.04 Å². The van der Waals surface area contributed by atoms with E-state index in [1.807, 2.05) is 28.9 Å². The molecule has 3 heterocycles. The van der Waals surface area contributed by atoms with Crippen LogP contribution in [0.4, 0.5) is 0 Å². The average molecular weight is 410 g/mol. The molecule has 1 aromatic carbocycles. The molecule has 1 atom stereocenters. The lowest BCUT2D eigenvalue weighted by Crippen LogP contribution is -3.13. The number of ether oxygens (including phenoxy) is 1. The number of nitrogens with zero attached hydrogens (tertiary/aromatic N) is 4. The highest BCUT2D eigenvalue weighted by molar-refractivity contribution is 5.80. The molecule has 0 radical (unpaired) electrons. The van der Waals surface area contributed by atoms with Crippen LogP contribution >= 0.6 is 0 Å². The highest BCUT2D eigenvalue weighted by Crippen LogP contribution is 2.31. The summed E-state index contributed by atoms with van der Waals surface area (Å²) >= 11 is 0. The maximum absolute atomic E-state index is 13.3. The van der Waals surface area contributed by atoms with Crippen molar-refractivity contribution in [2.24, 2.45) is 0 Å². The Labute approximate surface area is 175 Å². The Morgan fingerprint density at radius 3 is 2.70 bits per heavy atom. The molecule has 0 unspecified atom stereocenters. The number of H-pyrrole nitrogens is 1. The zero-order chi connectivity index (χ0) is 20.5. The quantitative estimate of drug-likeness (QED) is 0.671. The van der Waals surface area contributed by atoms with Gasteiger partial charge in [0, 0.05) is 6.07 Å². The average Bonchev–Trinajstić information content (AvgIpc) is 3.47. The number of quaternary nitrogens is 1. The number of benzene rings is 1. The summed E-state index contributed by atoms with van der Waals surface area (Å²) in [6, 6.07) is 7.99. The highest BCUT2D eigenvalue weighted by atomic mass is 16.5. The van der Waals surface area contributed by atoms with Crippen LogP contribution in [-0.2, 0) is 0 Å². The Balaban J connectivity index is 1.63. The molecule has 0 amide bonds. The minimum Gasteiger partial charge on any atom is -0.497 e. The SMILES string of the molecule is COc1ccc2cc([C@H](c3nnnn3C3CCCC3)[NH+]3CCCCC3)c(=O)[nH]c2c1. The molecule has 8 heteroatoms. The summed E-state index contributed by atoms with van der Waals surface area (Å²) in [7, 11) is 1.63. The molecule has 2 N–H and O–H groups in total. The van der Waals surface area contributed by atoms with Gasteiger partial charge in [-0.2, -0.15) is 0 Å². The first kappa shape index (κ1) is 19.2. The van der Waals surface area contributed by atoms with E-state index >= 15 is 0 Å². The molecule has 1 saturated carbocycles. The Hall–Kier alpha value is -2.74. The molecule has 0 spiro atoms. The molecule has 1 aliphatic carbocycles. The Morgan fingerprint density at radius 2 is 1.93 bits per heavy atom. The number of methoxy groups -OCH3 is 1. The van der Waals surface area contributed by atoms with E-state index < -0.39 is 0 Å². The van der Waals surface area contributed by atoms with Gasteiger partial charge in [0.2, 0.25) is 5.82 Å². The monoisotopic (exact) mass is 409 g/mol. The lowest BCUT2D eigenvalue weighted by atomic mass is 10.00. The van der Waals surface area contributed by atoms with Crippen LogP contribution in [0.25, 0.3) is 10.9 Å². The van der Waals surface area contributed by atoms with Gasteiger partial charge in [0.1, 0.15) is 5.75 Å². The highest BCUT2D eigenvalue weighted by Gasteiger charge is 2.36. The Morgan fingerprint density at radius 1 is 1.13 bits per heavy atom. The number of tetrazole rings is 1. The van der Waals surface area contributed by atoms with Crippen LogP contribution < -0.4 is 15.2 Å². The van der Waals surface area contributed by atoms with E-state index in [9.17, 15) is 4.79 Å². The summed E-state index contributed by atoms with van der Waals surface area (Å²) in [4.78, 5) is 17.7. The third-order valence-corrected chi connectivity index (χ3v) is 6.74. The molecular formula is C22H29N6O2+. The number of aromatic amines is 1. The molecule has 1 aliphatic heterocycles. The van der Waals surface area contributed by atoms with Crippen LogP contribution in [0.2, 0.25) is 0 Å². The van der Waals surface area contributed by atoms with Crippen molar-refractivity contribution < 1.29 is 9.64 Å². The summed E-state index contributed by atoms with van der Waals surface area (Å²) in [5.74, 6) is 1.56. The zero-order valence-electron chi connectivity index (χ0n) is 17.4. The van der Waals surface area contributed by atoms with Gasteiger partial charge in [0.15, 0.2) is 6.04 Å². The molecule has 1 saturated heterocycles. The molecule has 3 aromatic rings. The number of fused-ring (bicyclic) bond motifs is 1. The fourth-order valence-corrected chi connectivity index (χ4v) is 5.17. The lowest BCUT2D eigenvalue weighted by Gasteiger charge is -2.31. The third-order valence-electron chi connectivity index (χ3n) is 6.74. The van der Waals surface area contributed by atoms with Crippen LogP contribution in [0.1, 0.15) is 68.4 Å². The minimum atomic E-state index is -0.156. The van der Waals surface area contributed by atoms with Crippen molar-refractivity contribution in [3.63, 3.8) is 0 Å². The predicted octanol–water partition coefficient (Wildman–Crippen LogP) is 1.80. The van der Waals surface area contributed by atoms with Gasteiger partial charge in [-0.25, -0.2) is 4.68 Å². The summed E-state index contributed by atoms with van der Waals surface area (Å²) in [5.41, 5.74) is 1.46. The van der Waals surface area contributed by atoms with Gasteiger partial charge in [-0.1, -0.05) is 12.8 Å². The summed E-state index contributed by atoms with van der Waals surface area (Å²) < 4.78 is 7.32. The Kier molecular flexibility index (Phi) is 5.25. The topological polar surface area (TPSA) is 90.1 Å². The van der Waals surface area contributed by atoms with E-state index in [1.165, 1.54) is 37.0 Å². The first-order valence-electron chi connectivity index (χ1n) is 11.1. The van der Waals surface area contributed by atoms with Gasteiger partial charge in [-0.3, -0.25) is 4.79 Å². The van der Waals surface area contributed by atoms with Gasteiger partial charge in [-0.05, 0) is 66.1 Å². The van der Waals surface area contributed by atoms with Crippen molar-refractivity contribution in [2.75, 3.05) is 20.2 Å². The first-order valence-corrected chi connectivity index (χ1v) is 11.1. The second-order valence-corrected chi connectivity index (χ2v) is 8.58. The van der Waals surface area contributed by atoms with Crippen molar-refractivity contribution in [3.05, 3.63) is 46.0 Å². The summed E-state index contributed by atoms with van der Waals surface area (Å²) in [6.45, 7) is 2.06. The maximum Gasteiger partial charge on any atom is 0.258 e. The van der Waals surface area contributed by atoms with Crippen LogP contribution in [-0.4, -0.2) is 45.4 Å². The summed E-state index contributed by atoms with van der Waals surface area (Å²) in [6.07, 6.45) is 8.21. The van der Waals surface area contributed by atoms with E-state index in [0.717, 1.165) is 54.0 Å². The van der Waals surface area contributed by atoms with Gasteiger partial charge in [0.05, 0.1) is 37.3 Å². The van der Waals surface area contributed by atoms with E-state index in [1.54, 1.807) is 7.11 Å². The number of nitrogens with one attached hydrogen (secondary N) is 2. The van der Waals surface area contributed by atoms with Gasteiger partial charge >= 0.3 is 0 Å². The van der Waals surface area contributed by atoms with E-state index in [4.69, 9.17) is 4.74 Å². The van der Waals surface area contributed by atoms with Crippen LogP contribution in [0.5, 0.6) is 5.75 Å². The van der Waals surface area contributed by atoms with E-state index in [-0.39, 0.29) is 11.6 Å². The second-order valence-electron chi connectivity index (χ2n) is 8.58. The fraction of sp³-hybridized carbons (Fsp3) is 0.545. The first-order chi connectivity index (χ1) is 14.7. The Bertz CT molecular complexity index is 1080. The molecule has 2 aromatic heterocycles. The van der Waals surface area contributed by atoms with Crippen molar-refractivity contribution in [1.29, 1.82) is 0 Å². The van der Waals surface area contributed by atoms with Crippen LogP contribution in [0.3, 0.4) is 0 Å².